The lowest BCUT2D eigenvalue weighted by atomic mass is 10.1. The number of carbonyl (C=O) groups is 1. The summed E-state index contributed by atoms with van der Waals surface area (Å²) in [5, 5.41) is 3.23. The standard InChI is InChI=1S/C19H22FN3O2S/c1-2-3-5-14-8-10-16(11-9-14)21-19(26)23-22-18(24)13-25-17-7-4-6-15(20)12-17/h4,6-12H,2-3,5,13H2,1H3,(H,22,24)(H2,21,23,26). The van der Waals surface area contributed by atoms with Crippen LogP contribution in [0, 0.1) is 5.82 Å². The number of benzene rings is 2. The molecule has 138 valence electrons. The quantitative estimate of drug-likeness (QED) is 0.510. The molecule has 26 heavy (non-hydrogen) atoms. The molecule has 0 aliphatic rings. The average molecular weight is 375 g/mol. The third kappa shape index (κ3) is 7.06. The minimum atomic E-state index is -0.437. The molecule has 0 aliphatic carbocycles. The Labute approximate surface area is 157 Å². The van der Waals surface area contributed by atoms with Crippen molar-refractivity contribution in [2.75, 3.05) is 11.9 Å². The second kappa shape index (κ2) is 10.4. The number of hydrogen-bond donors (Lipinski definition) is 3. The highest BCUT2D eigenvalue weighted by Gasteiger charge is 2.04. The van der Waals surface area contributed by atoms with Crippen molar-refractivity contribution in [3.63, 3.8) is 0 Å². The second-order valence-corrected chi connectivity index (χ2v) is 6.08. The van der Waals surface area contributed by atoms with E-state index in [1.54, 1.807) is 6.07 Å². The highest BCUT2D eigenvalue weighted by atomic mass is 32.1. The van der Waals surface area contributed by atoms with Crippen LogP contribution in [0.25, 0.3) is 0 Å². The highest BCUT2D eigenvalue weighted by Crippen LogP contribution is 2.12. The van der Waals surface area contributed by atoms with E-state index in [4.69, 9.17) is 17.0 Å². The lowest BCUT2D eigenvalue weighted by Crippen LogP contribution is -2.45. The number of hydrazine groups is 1. The number of nitrogens with one attached hydrogen (secondary N) is 3. The van der Waals surface area contributed by atoms with Gasteiger partial charge in [0.1, 0.15) is 11.6 Å². The van der Waals surface area contributed by atoms with Crippen LogP contribution in [-0.2, 0) is 11.2 Å². The zero-order chi connectivity index (χ0) is 18.8. The van der Waals surface area contributed by atoms with Gasteiger partial charge in [0.05, 0.1) is 0 Å². The number of hydrogen-bond acceptors (Lipinski definition) is 3. The van der Waals surface area contributed by atoms with E-state index in [9.17, 15) is 9.18 Å². The molecule has 0 saturated heterocycles. The van der Waals surface area contributed by atoms with Gasteiger partial charge < -0.3 is 10.1 Å². The van der Waals surface area contributed by atoms with E-state index in [2.05, 4.69) is 23.1 Å². The summed E-state index contributed by atoms with van der Waals surface area (Å²) in [5.74, 6) is -0.579. The van der Waals surface area contributed by atoms with Gasteiger partial charge in [-0.3, -0.25) is 15.6 Å². The van der Waals surface area contributed by atoms with E-state index in [1.165, 1.54) is 23.8 Å². The van der Waals surface area contributed by atoms with Crippen LogP contribution < -0.4 is 20.9 Å². The van der Waals surface area contributed by atoms with E-state index < -0.39 is 11.7 Å². The number of halogens is 1. The van der Waals surface area contributed by atoms with Crippen LogP contribution in [0.5, 0.6) is 5.75 Å². The normalized spacial score (nSPS) is 10.1. The summed E-state index contributed by atoms with van der Waals surface area (Å²) in [6.45, 7) is 1.91. The van der Waals surface area contributed by atoms with Gasteiger partial charge in [0.2, 0.25) is 0 Å². The SMILES string of the molecule is CCCCc1ccc(NC(=S)NNC(=O)COc2cccc(F)c2)cc1. The minimum Gasteiger partial charge on any atom is -0.484 e. The molecule has 0 unspecified atom stereocenters. The molecule has 0 fully saturated rings. The monoisotopic (exact) mass is 375 g/mol. The summed E-state index contributed by atoms with van der Waals surface area (Å²) >= 11 is 5.12. The summed E-state index contributed by atoms with van der Waals surface area (Å²) in [4.78, 5) is 11.7. The molecule has 0 saturated carbocycles. The Balaban J connectivity index is 1.69. The van der Waals surface area contributed by atoms with E-state index in [0.29, 0.717) is 0 Å². The second-order valence-electron chi connectivity index (χ2n) is 5.67. The van der Waals surface area contributed by atoms with Crippen molar-refractivity contribution >= 4 is 28.9 Å². The predicted molar refractivity (Wildman–Crippen MR) is 104 cm³/mol. The van der Waals surface area contributed by atoms with Crippen LogP contribution in [0.2, 0.25) is 0 Å². The van der Waals surface area contributed by atoms with Crippen molar-refractivity contribution in [2.45, 2.75) is 26.2 Å². The minimum absolute atomic E-state index is 0.255. The average Bonchev–Trinajstić information content (AvgIpc) is 2.64. The Bertz CT molecular complexity index is 738. The maximum atomic E-state index is 13.0. The van der Waals surface area contributed by atoms with Crippen LogP contribution in [0.15, 0.2) is 48.5 Å². The Morgan fingerprint density at radius 2 is 1.92 bits per heavy atom. The van der Waals surface area contributed by atoms with Gasteiger partial charge >= 0.3 is 0 Å². The molecular weight excluding hydrogens is 353 g/mol. The number of anilines is 1. The lowest BCUT2D eigenvalue weighted by Gasteiger charge is -2.12. The van der Waals surface area contributed by atoms with Gasteiger partial charge in [-0.05, 0) is 54.9 Å². The van der Waals surface area contributed by atoms with Crippen LogP contribution >= 0.6 is 12.2 Å². The van der Waals surface area contributed by atoms with Gasteiger partial charge in [-0.2, -0.15) is 0 Å². The summed E-state index contributed by atoms with van der Waals surface area (Å²) in [6.07, 6.45) is 3.38. The zero-order valence-corrected chi connectivity index (χ0v) is 15.4. The number of aryl methyl sites for hydroxylation is 1. The maximum absolute atomic E-state index is 13.0. The number of unbranched alkanes of at least 4 members (excludes halogenated alkanes) is 1. The molecule has 2 aromatic rings. The van der Waals surface area contributed by atoms with Crippen molar-refractivity contribution in [2.24, 2.45) is 0 Å². The van der Waals surface area contributed by atoms with Crippen LogP contribution in [-0.4, -0.2) is 17.6 Å². The first kappa shape index (κ1) is 19.7. The van der Waals surface area contributed by atoms with Gasteiger partial charge in [0.15, 0.2) is 11.7 Å². The summed E-state index contributed by atoms with van der Waals surface area (Å²) < 4.78 is 18.2. The first-order chi connectivity index (χ1) is 12.6. The molecular formula is C19H22FN3O2S. The van der Waals surface area contributed by atoms with Gasteiger partial charge in [0.25, 0.3) is 5.91 Å². The van der Waals surface area contributed by atoms with Gasteiger partial charge in [0, 0.05) is 11.8 Å². The Morgan fingerprint density at radius 3 is 2.62 bits per heavy atom. The van der Waals surface area contributed by atoms with Gasteiger partial charge in [-0.1, -0.05) is 31.5 Å². The number of amides is 1. The Morgan fingerprint density at radius 1 is 1.15 bits per heavy atom. The third-order valence-corrected chi connectivity index (χ3v) is 3.72. The number of ether oxygens (including phenoxy) is 1. The number of carbonyl (C=O) groups excluding carboxylic acids is 1. The van der Waals surface area contributed by atoms with Crippen molar-refractivity contribution in [1.29, 1.82) is 0 Å². The van der Waals surface area contributed by atoms with Crippen molar-refractivity contribution in [3.8, 4) is 5.75 Å². The molecule has 0 aromatic heterocycles. The topological polar surface area (TPSA) is 62.4 Å². The maximum Gasteiger partial charge on any atom is 0.276 e. The summed E-state index contributed by atoms with van der Waals surface area (Å²) in [6, 6.07) is 13.6. The Hall–Kier alpha value is -2.67. The molecule has 0 bridgehead atoms. The molecule has 0 heterocycles. The van der Waals surface area contributed by atoms with E-state index >= 15 is 0 Å². The van der Waals surface area contributed by atoms with E-state index in [0.717, 1.165) is 24.9 Å². The molecule has 7 heteroatoms. The number of rotatable bonds is 7. The first-order valence-corrected chi connectivity index (χ1v) is 8.81. The summed E-state index contributed by atoms with van der Waals surface area (Å²) in [7, 11) is 0. The van der Waals surface area contributed by atoms with Gasteiger partial charge in [-0.25, -0.2) is 4.39 Å². The molecule has 5 nitrogen and oxygen atoms in total. The fraction of sp³-hybridized carbons (Fsp3) is 0.263. The summed E-state index contributed by atoms with van der Waals surface area (Å²) in [5.41, 5.74) is 7.11. The zero-order valence-electron chi connectivity index (χ0n) is 14.5. The van der Waals surface area contributed by atoms with Crippen LogP contribution in [0.3, 0.4) is 0 Å². The lowest BCUT2D eigenvalue weighted by molar-refractivity contribution is -0.123. The number of thiocarbonyl (C=S) groups is 1. The van der Waals surface area contributed by atoms with Crippen molar-refractivity contribution < 1.29 is 13.9 Å². The smallest absolute Gasteiger partial charge is 0.276 e. The third-order valence-electron chi connectivity index (χ3n) is 3.51. The highest BCUT2D eigenvalue weighted by molar-refractivity contribution is 7.80. The molecule has 2 aromatic carbocycles. The van der Waals surface area contributed by atoms with Gasteiger partial charge in [-0.15, -0.1) is 0 Å². The fourth-order valence-electron chi connectivity index (χ4n) is 2.17. The molecule has 0 atom stereocenters. The van der Waals surface area contributed by atoms with Crippen molar-refractivity contribution in [3.05, 3.63) is 59.9 Å². The molecule has 0 radical (unpaired) electrons. The molecule has 0 spiro atoms. The largest absolute Gasteiger partial charge is 0.484 e. The predicted octanol–water partition coefficient (Wildman–Crippen LogP) is 3.56. The molecule has 1 amide bonds. The van der Waals surface area contributed by atoms with E-state index in [1.807, 2.05) is 24.3 Å². The fourth-order valence-corrected chi connectivity index (χ4v) is 2.34. The van der Waals surface area contributed by atoms with E-state index in [-0.39, 0.29) is 17.5 Å². The van der Waals surface area contributed by atoms with Crippen molar-refractivity contribution in [1.82, 2.24) is 10.9 Å². The molecule has 0 aliphatic heterocycles. The Kier molecular flexibility index (Phi) is 7.82. The molecule has 3 N–H and O–H groups in total. The molecule has 2 rings (SSSR count). The first-order valence-electron chi connectivity index (χ1n) is 8.40. The van der Waals surface area contributed by atoms with Crippen LogP contribution in [0.4, 0.5) is 10.1 Å². The van der Waals surface area contributed by atoms with Crippen LogP contribution in [0.1, 0.15) is 25.3 Å².